The van der Waals surface area contributed by atoms with Crippen LogP contribution < -0.4 is 5.73 Å². The minimum Gasteiger partial charge on any atom is -0.560 e. The molecule has 0 heterocycles. The van der Waals surface area contributed by atoms with Gasteiger partial charge in [-0.2, -0.15) is 0 Å². The molecule has 2 N–H and O–H groups in total. The van der Waals surface area contributed by atoms with Crippen molar-refractivity contribution in [3.8, 4) is 0 Å². The van der Waals surface area contributed by atoms with E-state index in [-0.39, 0.29) is 5.97 Å². The molecule has 5 nitrogen and oxygen atoms in total. The largest absolute Gasteiger partial charge is 0.560 e. The molecule has 0 aliphatic heterocycles. The van der Waals surface area contributed by atoms with Gasteiger partial charge in [0.15, 0.2) is 6.40 Å². The topological polar surface area (TPSA) is 73.9 Å². The van der Waals surface area contributed by atoms with Crippen LogP contribution in [-0.2, 0) is 14.2 Å². The molecule has 1 atom stereocenters. The third-order valence-electron chi connectivity index (χ3n) is 1.74. The van der Waals surface area contributed by atoms with E-state index in [1.807, 2.05) is 0 Å². The molecule has 0 saturated heterocycles. The molecule has 0 rings (SSSR count). The Labute approximate surface area is 85.1 Å². The minimum absolute atomic E-state index is 0.356. The molecule has 14 heavy (non-hydrogen) atoms. The Kier molecular flexibility index (Phi) is 7.93. The Balaban J connectivity index is 3.36. The Morgan fingerprint density at radius 2 is 2.36 bits per heavy atom. The zero-order chi connectivity index (χ0) is 10.8. The smallest absolute Gasteiger partial charge is 0.323 e. The molecule has 0 fully saturated rings. The van der Waals surface area contributed by atoms with Crippen LogP contribution in [0.2, 0.25) is 0 Å². The zero-order valence-corrected chi connectivity index (χ0v) is 8.73. The van der Waals surface area contributed by atoms with Crippen LogP contribution in [0.5, 0.6) is 0 Å². The van der Waals surface area contributed by atoms with Crippen LogP contribution in [0.3, 0.4) is 0 Å². The van der Waals surface area contributed by atoms with Crippen molar-refractivity contribution in [1.29, 1.82) is 0 Å². The molecule has 0 aliphatic carbocycles. The lowest BCUT2D eigenvalue weighted by atomic mass is 10.1. The first kappa shape index (κ1) is 13.0. The van der Waals surface area contributed by atoms with Crippen LogP contribution in [-0.4, -0.2) is 40.1 Å². The van der Waals surface area contributed by atoms with Gasteiger partial charge in [-0.05, 0) is 19.3 Å². The van der Waals surface area contributed by atoms with Gasteiger partial charge in [0, 0.05) is 6.54 Å². The molecular weight excluding hydrogens is 183 g/mol. The zero-order valence-electron chi connectivity index (χ0n) is 8.73. The Morgan fingerprint density at radius 1 is 1.64 bits per heavy atom. The fourth-order valence-corrected chi connectivity index (χ4v) is 0.964. The van der Waals surface area contributed by atoms with E-state index in [4.69, 9.17) is 5.73 Å². The first-order valence-corrected chi connectivity index (χ1v) is 4.57. The number of methoxy groups -OCH3 is 1. The lowest BCUT2D eigenvalue weighted by molar-refractivity contribution is -0.142. The highest BCUT2D eigenvalue weighted by Gasteiger charge is 2.11. The van der Waals surface area contributed by atoms with Gasteiger partial charge in [0.05, 0.1) is 7.11 Å². The van der Waals surface area contributed by atoms with Crippen LogP contribution in [0.15, 0.2) is 4.99 Å². The van der Waals surface area contributed by atoms with E-state index in [1.54, 1.807) is 8.05 Å². The van der Waals surface area contributed by atoms with Crippen molar-refractivity contribution >= 4 is 20.4 Å². The van der Waals surface area contributed by atoms with E-state index >= 15 is 0 Å². The average Bonchev–Trinajstić information content (AvgIpc) is 2.21. The molecule has 0 bridgehead atoms. The highest BCUT2D eigenvalue weighted by atomic mass is 16.5. The van der Waals surface area contributed by atoms with Crippen molar-refractivity contribution in [2.45, 2.75) is 25.3 Å². The van der Waals surface area contributed by atoms with Crippen molar-refractivity contribution in [2.75, 3.05) is 13.7 Å². The maximum absolute atomic E-state index is 10.9. The fraction of sp³-hybridized carbons (Fsp3) is 0.750. The van der Waals surface area contributed by atoms with Gasteiger partial charge >= 0.3 is 14.0 Å². The second-order valence-corrected chi connectivity index (χ2v) is 2.87. The number of unbranched alkanes of at least 4 members (excludes halogenated alkanes) is 1. The third kappa shape index (κ3) is 6.48. The molecule has 0 saturated carbocycles. The molecule has 0 aromatic rings. The van der Waals surface area contributed by atoms with Gasteiger partial charge in [0.1, 0.15) is 6.04 Å². The molecule has 0 unspecified atom stereocenters. The van der Waals surface area contributed by atoms with E-state index in [0.717, 1.165) is 12.8 Å². The monoisotopic (exact) mass is 200 g/mol. The number of hydrogen-bond acceptors (Lipinski definition) is 5. The van der Waals surface area contributed by atoms with Gasteiger partial charge in [0.25, 0.3) is 0 Å². The molecule has 6 heteroatoms. The molecule has 0 radical (unpaired) electrons. The number of hydrogen-bond donors (Lipinski definition) is 1. The standard InChI is InChI=1S/C8H17BN2O3/c1-13-8(12)7(10)4-2-3-5-11-6-14-9/h6-7H,2-5,9-10H2,1H3/t7-/m1/s1. The Bertz CT molecular complexity index is 187. The van der Waals surface area contributed by atoms with Gasteiger partial charge in [-0.25, -0.2) is 0 Å². The van der Waals surface area contributed by atoms with E-state index < -0.39 is 6.04 Å². The van der Waals surface area contributed by atoms with E-state index in [0.29, 0.717) is 13.0 Å². The van der Waals surface area contributed by atoms with Crippen LogP contribution in [0.25, 0.3) is 0 Å². The predicted molar refractivity (Wildman–Crippen MR) is 56.8 cm³/mol. The summed E-state index contributed by atoms with van der Waals surface area (Å²) in [6, 6.07) is -0.508. The van der Waals surface area contributed by atoms with E-state index in [2.05, 4.69) is 14.4 Å². The lowest BCUT2D eigenvalue weighted by Crippen LogP contribution is -2.31. The number of carbonyl (C=O) groups is 1. The number of rotatable bonds is 7. The summed E-state index contributed by atoms with van der Waals surface area (Å²) in [5.41, 5.74) is 5.53. The number of esters is 1. The lowest BCUT2D eigenvalue weighted by Gasteiger charge is -2.07. The van der Waals surface area contributed by atoms with Crippen molar-refractivity contribution in [1.82, 2.24) is 0 Å². The molecule has 0 aromatic carbocycles. The van der Waals surface area contributed by atoms with Crippen molar-refractivity contribution < 1.29 is 14.2 Å². The molecule has 0 spiro atoms. The summed E-state index contributed by atoms with van der Waals surface area (Å²) in [6.45, 7) is 0.696. The van der Waals surface area contributed by atoms with Gasteiger partial charge in [-0.1, -0.05) is 0 Å². The third-order valence-corrected chi connectivity index (χ3v) is 1.74. The second-order valence-electron chi connectivity index (χ2n) is 2.87. The summed E-state index contributed by atoms with van der Waals surface area (Å²) in [4.78, 5) is 14.8. The second kappa shape index (κ2) is 8.56. The highest BCUT2D eigenvalue weighted by molar-refractivity contribution is 6.02. The summed E-state index contributed by atoms with van der Waals surface area (Å²) in [7, 11) is 2.89. The van der Waals surface area contributed by atoms with Crippen molar-refractivity contribution in [2.24, 2.45) is 10.7 Å². The first-order valence-electron chi connectivity index (χ1n) is 4.57. The van der Waals surface area contributed by atoms with Gasteiger partial charge < -0.3 is 15.1 Å². The van der Waals surface area contributed by atoms with Crippen molar-refractivity contribution in [3.63, 3.8) is 0 Å². The number of ether oxygens (including phenoxy) is 1. The van der Waals surface area contributed by atoms with E-state index in [1.165, 1.54) is 13.5 Å². The van der Waals surface area contributed by atoms with Gasteiger partial charge in [-0.3, -0.25) is 9.79 Å². The van der Waals surface area contributed by atoms with Crippen LogP contribution in [0.1, 0.15) is 19.3 Å². The van der Waals surface area contributed by atoms with Crippen LogP contribution >= 0.6 is 0 Å². The number of nitrogens with two attached hydrogens (primary N) is 1. The highest BCUT2D eigenvalue weighted by Crippen LogP contribution is 2.00. The Morgan fingerprint density at radius 3 is 2.93 bits per heavy atom. The number of aliphatic imine (C=N–C) groups is 1. The summed E-state index contributed by atoms with van der Waals surface area (Å²) >= 11 is 0. The molecule has 80 valence electrons. The fourth-order valence-electron chi connectivity index (χ4n) is 0.964. The van der Waals surface area contributed by atoms with Crippen LogP contribution in [0, 0.1) is 0 Å². The summed E-state index contributed by atoms with van der Waals surface area (Å²) in [6.07, 6.45) is 3.79. The van der Waals surface area contributed by atoms with Gasteiger partial charge in [-0.15, -0.1) is 0 Å². The molecule has 0 aromatic heterocycles. The molecule has 0 amide bonds. The SMILES string of the molecule is BOC=NCCCC[C@@H](N)C(=O)OC. The minimum atomic E-state index is -0.508. The quantitative estimate of drug-likeness (QED) is 0.193. The maximum Gasteiger partial charge on any atom is 0.323 e. The normalized spacial score (nSPS) is 12.7. The number of carbonyl (C=O) groups excluding carboxylic acids is 1. The molecule has 0 aliphatic rings. The summed E-state index contributed by atoms with van der Waals surface area (Å²) < 4.78 is 9.13. The Hall–Kier alpha value is -1.04. The maximum atomic E-state index is 10.9. The van der Waals surface area contributed by atoms with Crippen molar-refractivity contribution in [3.05, 3.63) is 0 Å². The average molecular weight is 200 g/mol. The summed E-state index contributed by atoms with van der Waals surface area (Å²) in [5.74, 6) is -0.356. The number of nitrogens with zero attached hydrogens (tertiary/aromatic N) is 1. The van der Waals surface area contributed by atoms with Crippen LogP contribution in [0.4, 0.5) is 0 Å². The van der Waals surface area contributed by atoms with E-state index in [9.17, 15) is 4.79 Å². The summed E-state index contributed by atoms with van der Waals surface area (Å²) in [5, 5.41) is 0. The predicted octanol–water partition coefficient (Wildman–Crippen LogP) is -0.750. The first-order chi connectivity index (χ1) is 6.72. The molecular formula is C8H17BN2O3. The van der Waals surface area contributed by atoms with Gasteiger partial charge in [0.2, 0.25) is 0 Å².